The van der Waals surface area contributed by atoms with Crippen molar-refractivity contribution in [3.63, 3.8) is 0 Å². The van der Waals surface area contributed by atoms with Gasteiger partial charge in [-0.3, -0.25) is 0 Å². The van der Waals surface area contributed by atoms with Crippen LogP contribution in [0.5, 0.6) is 0 Å². The van der Waals surface area contributed by atoms with Crippen LogP contribution in [0.1, 0.15) is 29.9 Å². The highest BCUT2D eigenvalue weighted by atomic mass is 79.9. The fraction of sp³-hybridized carbons (Fsp3) is 0.385. The predicted octanol–water partition coefficient (Wildman–Crippen LogP) is 5.39. The molecule has 3 heterocycles. The van der Waals surface area contributed by atoms with Gasteiger partial charge in [0.25, 0.3) is 0 Å². The third kappa shape index (κ3) is 2.50. The van der Waals surface area contributed by atoms with Crippen molar-refractivity contribution in [2.24, 2.45) is 0 Å². The molecule has 0 saturated heterocycles. The second-order valence-electron chi connectivity index (χ2n) is 4.21. The molecule has 0 bridgehead atoms. The maximum atomic E-state index is 3.85. The third-order valence-electron chi connectivity index (χ3n) is 2.91. The summed E-state index contributed by atoms with van der Waals surface area (Å²) in [6, 6.07) is 6.85. The van der Waals surface area contributed by atoms with Crippen LogP contribution in [0, 0.1) is 6.92 Å². The van der Waals surface area contributed by atoms with Crippen LogP contribution < -0.4 is 0 Å². The number of rotatable bonds is 2. The molecular weight excluding hydrogens is 332 g/mol. The molecule has 0 aromatic carbocycles. The van der Waals surface area contributed by atoms with Gasteiger partial charge in [-0.1, -0.05) is 15.9 Å². The smallest absolute Gasteiger partial charge is 0.0831 e. The van der Waals surface area contributed by atoms with Crippen LogP contribution in [0.4, 0.5) is 0 Å². The van der Waals surface area contributed by atoms with E-state index in [1.807, 2.05) is 22.7 Å². The minimum absolute atomic E-state index is 0.391. The molecule has 1 atom stereocenters. The molecule has 0 nitrogen and oxygen atoms in total. The molecule has 90 valence electrons. The minimum atomic E-state index is 0.391. The van der Waals surface area contributed by atoms with Gasteiger partial charge < -0.3 is 0 Å². The Hall–Kier alpha value is 0.230. The Morgan fingerprint density at radius 1 is 1.24 bits per heavy atom. The maximum Gasteiger partial charge on any atom is 0.0831 e. The summed E-state index contributed by atoms with van der Waals surface area (Å²) in [6.07, 6.45) is 1.26. The Labute approximate surface area is 123 Å². The first-order chi connectivity index (χ1) is 8.24. The molecule has 0 radical (unpaired) electrons. The van der Waals surface area contributed by atoms with Crippen molar-refractivity contribution in [3.05, 3.63) is 43.3 Å². The Bertz CT molecular complexity index is 503. The molecule has 1 aliphatic rings. The van der Waals surface area contributed by atoms with Gasteiger partial charge in [-0.15, -0.1) is 22.7 Å². The van der Waals surface area contributed by atoms with E-state index in [0.29, 0.717) is 4.83 Å². The molecule has 0 N–H and O–H groups in total. The molecule has 1 unspecified atom stereocenters. The van der Waals surface area contributed by atoms with Crippen molar-refractivity contribution in [2.45, 2.75) is 23.9 Å². The number of fused-ring (bicyclic) bond motifs is 1. The summed E-state index contributed by atoms with van der Waals surface area (Å²) in [5.74, 6) is 2.49. The van der Waals surface area contributed by atoms with E-state index < -0.39 is 0 Å². The maximum absolute atomic E-state index is 3.85. The Morgan fingerprint density at radius 2 is 2.12 bits per heavy atom. The van der Waals surface area contributed by atoms with Crippen molar-refractivity contribution < 1.29 is 0 Å². The molecule has 0 spiro atoms. The summed E-state index contributed by atoms with van der Waals surface area (Å²) < 4.78 is 0. The first-order valence-corrected chi connectivity index (χ1v) is 9.34. The summed E-state index contributed by atoms with van der Waals surface area (Å²) in [5.41, 5.74) is 1.57. The SMILES string of the molecule is Cc1ccc(C(Br)c2cc3c(s2)CCSC3)s1. The van der Waals surface area contributed by atoms with Crippen molar-refractivity contribution >= 4 is 50.4 Å². The lowest BCUT2D eigenvalue weighted by atomic mass is 10.2. The minimum Gasteiger partial charge on any atom is -0.157 e. The lowest BCUT2D eigenvalue weighted by Gasteiger charge is -2.08. The standard InChI is InChI=1S/C13H13BrS3/c1-8-2-3-11(16-8)13(14)12-6-9-7-15-5-4-10(9)17-12/h2-3,6,13H,4-5,7H2,1H3. The fourth-order valence-corrected chi connectivity index (χ4v) is 6.19. The van der Waals surface area contributed by atoms with E-state index in [2.05, 4.69) is 52.8 Å². The fourth-order valence-electron chi connectivity index (χ4n) is 2.02. The molecule has 0 fully saturated rings. The highest BCUT2D eigenvalue weighted by Crippen LogP contribution is 2.42. The molecule has 3 rings (SSSR count). The van der Waals surface area contributed by atoms with E-state index in [1.165, 1.54) is 32.6 Å². The first-order valence-electron chi connectivity index (χ1n) is 5.63. The Kier molecular flexibility index (Phi) is 3.67. The van der Waals surface area contributed by atoms with E-state index in [1.54, 1.807) is 10.4 Å². The quantitative estimate of drug-likeness (QED) is 0.658. The molecule has 0 amide bonds. The van der Waals surface area contributed by atoms with Crippen molar-refractivity contribution in [1.82, 2.24) is 0 Å². The molecule has 0 aliphatic carbocycles. The number of hydrogen-bond acceptors (Lipinski definition) is 3. The van der Waals surface area contributed by atoms with Gasteiger partial charge in [0.2, 0.25) is 0 Å². The highest BCUT2D eigenvalue weighted by molar-refractivity contribution is 9.09. The van der Waals surface area contributed by atoms with Crippen LogP contribution in [0.25, 0.3) is 0 Å². The first kappa shape index (κ1) is 12.3. The van der Waals surface area contributed by atoms with E-state index >= 15 is 0 Å². The van der Waals surface area contributed by atoms with Crippen molar-refractivity contribution in [3.8, 4) is 0 Å². The van der Waals surface area contributed by atoms with Gasteiger partial charge in [0, 0.05) is 25.3 Å². The summed E-state index contributed by atoms with van der Waals surface area (Å²) in [6.45, 7) is 2.17. The molecule has 0 saturated carbocycles. The Balaban J connectivity index is 1.91. The summed E-state index contributed by atoms with van der Waals surface area (Å²) in [7, 11) is 0. The van der Waals surface area contributed by atoms with Crippen LogP contribution in [-0.2, 0) is 12.2 Å². The predicted molar refractivity (Wildman–Crippen MR) is 84.0 cm³/mol. The summed E-state index contributed by atoms with van der Waals surface area (Å²) in [4.78, 5) is 6.28. The number of alkyl halides is 1. The normalized spacial score (nSPS) is 16.8. The zero-order valence-electron chi connectivity index (χ0n) is 9.53. The topological polar surface area (TPSA) is 0 Å². The third-order valence-corrected chi connectivity index (χ3v) is 7.88. The van der Waals surface area contributed by atoms with Crippen LogP contribution in [-0.4, -0.2) is 5.75 Å². The number of halogens is 1. The largest absolute Gasteiger partial charge is 0.157 e. The van der Waals surface area contributed by atoms with Gasteiger partial charge in [0.05, 0.1) is 4.83 Å². The van der Waals surface area contributed by atoms with Gasteiger partial charge >= 0.3 is 0 Å². The van der Waals surface area contributed by atoms with Gasteiger partial charge in [-0.2, -0.15) is 11.8 Å². The van der Waals surface area contributed by atoms with Gasteiger partial charge in [-0.05, 0) is 42.9 Å². The van der Waals surface area contributed by atoms with Gasteiger partial charge in [-0.25, -0.2) is 0 Å². The summed E-state index contributed by atoms with van der Waals surface area (Å²) in [5, 5.41) is 0. The zero-order chi connectivity index (χ0) is 11.8. The number of hydrogen-bond donors (Lipinski definition) is 0. The van der Waals surface area contributed by atoms with E-state index in [0.717, 1.165) is 0 Å². The molecule has 4 heteroatoms. The monoisotopic (exact) mass is 344 g/mol. The van der Waals surface area contributed by atoms with E-state index in [4.69, 9.17) is 0 Å². The summed E-state index contributed by atoms with van der Waals surface area (Å²) >= 11 is 9.79. The van der Waals surface area contributed by atoms with Gasteiger partial charge in [0.1, 0.15) is 0 Å². The van der Waals surface area contributed by atoms with Crippen LogP contribution in [0.2, 0.25) is 0 Å². The van der Waals surface area contributed by atoms with Gasteiger partial charge in [0.15, 0.2) is 0 Å². The second-order valence-corrected chi connectivity index (χ2v) is 8.72. The highest BCUT2D eigenvalue weighted by Gasteiger charge is 2.19. The van der Waals surface area contributed by atoms with Crippen molar-refractivity contribution in [2.75, 3.05) is 5.75 Å². The molecule has 1 aliphatic heterocycles. The van der Waals surface area contributed by atoms with Crippen LogP contribution in [0.3, 0.4) is 0 Å². The van der Waals surface area contributed by atoms with Crippen LogP contribution >= 0.6 is 50.4 Å². The lowest BCUT2D eigenvalue weighted by Crippen LogP contribution is -1.96. The lowest BCUT2D eigenvalue weighted by molar-refractivity contribution is 1.13. The van der Waals surface area contributed by atoms with Crippen molar-refractivity contribution in [1.29, 1.82) is 0 Å². The van der Waals surface area contributed by atoms with E-state index in [9.17, 15) is 0 Å². The number of aryl methyl sites for hydroxylation is 2. The number of thioether (sulfide) groups is 1. The average molecular weight is 345 g/mol. The molecular formula is C13H13BrS3. The molecule has 2 aromatic rings. The van der Waals surface area contributed by atoms with E-state index in [-0.39, 0.29) is 0 Å². The zero-order valence-corrected chi connectivity index (χ0v) is 13.6. The van der Waals surface area contributed by atoms with Crippen LogP contribution in [0.15, 0.2) is 18.2 Å². The second kappa shape index (κ2) is 5.08. The Morgan fingerprint density at radius 3 is 2.82 bits per heavy atom. The molecule has 17 heavy (non-hydrogen) atoms. The average Bonchev–Trinajstić information content (AvgIpc) is 2.93. The number of thiophene rings is 2. The molecule has 2 aromatic heterocycles.